The first-order valence-corrected chi connectivity index (χ1v) is 7.51. The molecular formula is C14H19BrN2O3. The maximum atomic E-state index is 11.9. The Balaban J connectivity index is 1.90. The van der Waals surface area contributed by atoms with Crippen molar-refractivity contribution in [1.82, 2.24) is 10.2 Å². The van der Waals surface area contributed by atoms with Crippen LogP contribution in [0.5, 0.6) is 11.5 Å². The summed E-state index contributed by atoms with van der Waals surface area (Å²) in [5.41, 5.74) is 1.04. The summed E-state index contributed by atoms with van der Waals surface area (Å²) in [4.78, 5) is 13.7. The van der Waals surface area contributed by atoms with Crippen molar-refractivity contribution in [2.24, 2.45) is 0 Å². The second kappa shape index (κ2) is 6.95. The molecule has 0 spiro atoms. The van der Waals surface area contributed by atoms with Crippen LogP contribution >= 0.6 is 15.9 Å². The number of benzene rings is 1. The van der Waals surface area contributed by atoms with Gasteiger partial charge in [-0.15, -0.1) is 0 Å². The van der Waals surface area contributed by atoms with E-state index in [1.165, 1.54) is 0 Å². The van der Waals surface area contributed by atoms with Crippen molar-refractivity contribution in [3.8, 4) is 11.5 Å². The van der Waals surface area contributed by atoms with Crippen LogP contribution < -0.4 is 14.8 Å². The SMILES string of the molecule is CCN(CC)C(=O)CNCc1cc2c(cc1Br)OCO2. The zero-order valence-corrected chi connectivity index (χ0v) is 13.3. The molecule has 0 bridgehead atoms. The van der Waals surface area contributed by atoms with Crippen molar-refractivity contribution >= 4 is 21.8 Å². The number of nitrogens with zero attached hydrogens (tertiary/aromatic N) is 1. The molecule has 1 N–H and O–H groups in total. The van der Waals surface area contributed by atoms with Crippen molar-refractivity contribution in [2.75, 3.05) is 26.4 Å². The molecule has 0 aromatic heterocycles. The van der Waals surface area contributed by atoms with E-state index in [1.54, 1.807) is 0 Å². The highest BCUT2D eigenvalue weighted by molar-refractivity contribution is 9.10. The monoisotopic (exact) mass is 342 g/mol. The molecule has 2 rings (SSSR count). The van der Waals surface area contributed by atoms with Gasteiger partial charge in [0.05, 0.1) is 6.54 Å². The van der Waals surface area contributed by atoms with E-state index in [9.17, 15) is 4.79 Å². The van der Waals surface area contributed by atoms with Crippen LogP contribution in [0.15, 0.2) is 16.6 Å². The molecule has 0 fully saturated rings. The molecule has 0 unspecified atom stereocenters. The van der Waals surface area contributed by atoms with Gasteiger partial charge in [0.1, 0.15) is 0 Å². The average molecular weight is 343 g/mol. The van der Waals surface area contributed by atoms with Gasteiger partial charge >= 0.3 is 0 Å². The quantitative estimate of drug-likeness (QED) is 0.860. The number of hydrogen-bond acceptors (Lipinski definition) is 4. The Bertz CT molecular complexity index is 490. The molecule has 5 nitrogen and oxygen atoms in total. The van der Waals surface area contributed by atoms with Crippen LogP contribution in [0.2, 0.25) is 0 Å². The fourth-order valence-electron chi connectivity index (χ4n) is 2.09. The van der Waals surface area contributed by atoms with Crippen LogP contribution in [0.4, 0.5) is 0 Å². The maximum Gasteiger partial charge on any atom is 0.236 e. The molecule has 1 aliphatic rings. The summed E-state index contributed by atoms with van der Waals surface area (Å²) in [7, 11) is 0. The molecule has 0 radical (unpaired) electrons. The van der Waals surface area contributed by atoms with E-state index in [4.69, 9.17) is 9.47 Å². The minimum Gasteiger partial charge on any atom is -0.454 e. The van der Waals surface area contributed by atoms with E-state index in [0.29, 0.717) is 13.1 Å². The van der Waals surface area contributed by atoms with E-state index in [1.807, 2.05) is 30.9 Å². The molecule has 0 saturated heterocycles. The summed E-state index contributed by atoms with van der Waals surface area (Å²) in [5, 5.41) is 3.16. The summed E-state index contributed by atoms with van der Waals surface area (Å²) in [6.07, 6.45) is 0. The number of fused-ring (bicyclic) bond motifs is 1. The summed E-state index contributed by atoms with van der Waals surface area (Å²) in [6, 6.07) is 3.83. The maximum absolute atomic E-state index is 11.9. The van der Waals surface area contributed by atoms with Crippen molar-refractivity contribution < 1.29 is 14.3 Å². The third-order valence-electron chi connectivity index (χ3n) is 3.25. The fraction of sp³-hybridized carbons (Fsp3) is 0.500. The number of likely N-dealkylation sites (N-methyl/N-ethyl adjacent to an activating group) is 1. The highest BCUT2D eigenvalue weighted by atomic mass is 79.9. The number of halogens is 1. The zero-order valence-electron chi connectivity index (χ0n) is 11.7. The molecule has 1 aliphatic heterocycles. The van der Waals surface area contributed by atoms with Gasteiger partial charge in [0.2, 0.25) is 12.7 Å². The van der Waals surface area contributed by atoms with Crippen molar-refractivity contribution in [3.63, 3.8) is 0 Å². The van der Waals surface area contributed by atoms with Gasteiger partial charge in [0.15, 0.2) is 11.5 Å². The lowest BCUT2D eigenvalue weighted by Gasteiger charge is -2.18. The van der Waals surface area contributed by atoms with E-state index < -0.39 is 0 Å². The molecule has 20 heavy (non-hydrogen) atoms. The van der Waals surface area contributed by atoms with Gasteiger partial charge in [-0.1, -0.05) is 15.9 Å². The highest BCUT2D eigenvalue weighted by Crippen LogP contribution is 2.36. The molecule has 1 aromatic carbocycles. The Morgan fingerprint density at radius 3 is 2.60 bits per heavy atom. The Labute approximate surface area is 127 Å². The van der Waals surface area contributed by atoms with Crippen LogP contribution in [0.25, 0.3) is 0 Å². The lowest BCUT2D eigenvalue weighted by atomic mass is 10.2. The van der Waals surface area contributed by atoms with Crippen LogP contribution in [0.3, 0.4) is 0 Å². The third-order valence-corrected chi connectivity index (χ3v) is 3.99. The van der Waals surface area contributed by atoms with Crippen molar-refractivity contribution in [3.05, 3.63) is 22.2 Å². The second-order valence-electron chi connectivity index (χ2n) is 4.47. The molecular weight excluding hydrogens is 324 g/mol. The van der Waals surface area contributed by atoms with Gasteiger partial charge in [-0.25, -0.2) is 0 Å². The predicted octanol–water partition coefficient (Wildman–Crippen LogP) is 2.14. The van der Waals surface area contributed by atoms with E-state index in [-0.39, 0.29) is 12.7 Å². The Hall–Kier alpha value is -1.27. The number of amides is 1. The number of carbonyl (C=O) groups excluding carboxylic acids is 1. The van der Waals surface area contributed by atoms with E-state index in [0.717, 1.165) is 34.6 Å². The molecule has 0 atom stereocenters. The Morgan fingerprint density at radius 1 is 1.30 bits per heavy atom. The van der Waals surface area contributed by atoms with Gasteiger partial charge in [-0.05, 0) is 31.5 Å². The van der Waals surface area contributed by atoms with Crippen molar-refractivity contribution in [2.45, 2.75) is 20.4 Å². The molecule has 1 heterocycles. The molecule has 1 amide bonds. The molecule has 0 saturated carbocycles. The second-order valence-corrected chi connectivity index (χ2v) is 5.32. The van der Waals surface area contributed by atoms with Crippen LogP contribution in [0, 0.1) is 0 Å². The van der Waals surface area contributed by atoms with E-state index in [2.05, 4.69) is 21.2 Å². The van der Waals surface area contributed by atoms with Gasteiger partial charge in [0, 0.05) is 24.1 Å². The number of hydrogen-bond donors (Lipinski definition) is 1. The Morgan fingerprint density at radius 2 is 1.95 bits per heavy atom. The van der Waals surface area contributed by atoms with Crippen LogP contribution in [-0.2, 0) is 11.3 Å². The van der Waals surface area contributed by atoms with Crippen LogP contribution in [-0.4, -0.2) is 37.2 Å². The summed E-state index contributed by atoms with van der Waals surface area (Å²) >= 11 is 3.50. The standard InChI is InChI=1S/C14H19BrN2O3/c1-3-17(4-2)14(18)8-16-7-10-5-12-13(6-11(10)15)20-9-19-12/h5-6,16H,3-4,7-9H2,1-2H3. The number of ether oxygens (including phenoxy) is 2. The average Bonchev–Trinajstić information content (AvgIpc) is 2.87. The number of carbonyl (C=O) groups is 1. The normalized spacial score (nSPS) is 12.6. The van der Waals surface area contributed by atoms with Gasteiger partial charge < -0.3 is 19.7 Å². The first kappa shape index (κ1) is 15.1. The molecule has 110 valence electrons. The molecule has 1 aromatic rings. The zero-order chi connectivity index (χ0) is 14.5. The first-order chi connectivity index (χ1) is 9.65. The fourth-order valence-corrected chi connectivity index (χ4v) is 2.55. The third kappa shape index (κ3) is 3.43. The summed E-state index contributed by atoms with van der Waals surface area (Å²) in [6.45, 7) is 6.65. The van der Waals surface area contributed by atoms with Crippen molar-refractivity contribution in [1.29, 1.82) is 0 Å². The van der Waals surface area contributed by atoms with Gasteiger partial charge in [-0.3, -0.25) is 4.79 Å². The molecule has 0 aliphatic carbocycles. The van der Waals surface area contributed by atoms with Crippen LogP contribution in [0.1, 0.15) is 19.4 Å². The minimum absolute atomic E-state index is 0.117. The van der Waals surface area contributed by atoms with Gasteiger partial charge in [-0.2, -0.15) is 0 Å². The smallest absolute Gasteiger partial charge is 0.236 e. The minimum atomic E-state index is 0.117. The largest absolute Gasteiger partial charge is 0.454 e. The van der Waals surface area contributed by atoms with E-state index >= 15 is 0 Å². The first-order valence-electron chi connectivity index (χ1n) is 6.72. The Kier molecular flexibility index (Phi) is 5.25. The predicted molar refractivity (Wildman–Crippen MR) is 79.9 cm³/mol. The number of rotatable bonds is 6. The summed E-state index contributed by atoms with van der Waals surface area (Å²) in [5.74, 6) is 1.62. The number of nitrogens with one attached hydrogen (secondary N) is 1. The lowest BCUT2D eigenvalue weighted by molar-refractivity contribution is -0.129. The summed E-state index contributed by atoms with van der Waals surface area (Å²) < 4.78 is 11.6. The molecule has 6 heteroatoms. The topological polar surface area (TPSA) is 50.8 Å². The van der Waals surface area contributed by atoms with Gasteiger partial charge in [0.25, 0.3) is 0 Å². The highest BCUT2D eigenvalue weighted by Gasteiger charge is 2.16. The lowest BCUT2D eigenvalue weighted by Crippen LogP contribution is -2.37.